The number of rotatable bonds is 1. The predicted octanol–water partition coefficient (Wildman–Crippen LogP) is 1.93. The molecule has 4 nitrogen and oxygen atoms in total. The van der Waals surface area contributed by atoms with E-state index in [1.54, 1.807) is 6.07 Å². The monoisotopic (exact) mass is 231 g/mol. The molecule has 0 bridgehead atoms. The fourth-order valence-corrected chi connectivity index (χ4v) is 2.02. The second-order valence-electron chi connectivity index (χ2n) is 4.05. The molecule has 0 saturated heterocycles. The molecular formula is C13H13NO3. The third-order valence-electron chi connectivity index (χ3n) is 2.69. The number of nitrogens with one attached hydrogen (secondary N) is 1. The van der Waals surface area contributed by atoms with Gasteiger partial charge in [0.1, 0.15) is 5.69 Å². The lowest BCUT2D eigenvalue weighted by atomic mass is 10.0. The van der Waals surface area contributed by atoms with Gasteiger partial charge in [0.05, 0.1) is 7.11 Å². The van der Waals surface area contributed by atoms with Crippen LogP contribution in [-0.4, -0.2) is 18.1 Å². The van der Waals surface area contributed by atoms with Crippen LogP contribution in [0.15, 0.2) is 23.0 Å². The van der Waals surface area contributed by atoms with Crippen LogP contribution in [0.25, 0.3) is 10.8 Å². The van der Waals surface area contributed by atoms with Gasteiger partial charge in [-0.15, -0.1) is 0 Å². The highest BCUT2D eigenvalue weighted by Gasteiger charge is 2.11. The van der Waals surface area contributed by atoms with Crippen molar-refractivity contribution in [1.29, 1.82) is 0 Å². The van der Waals surface area contributed by atoms with Crippen molar-refractivity contribution in [2.24, 2.45) is 0 Å². The van der Waals surface area contributed by atoms with Crippen LogP contribution in [0.4, 0.5) is 0 Å². The number of fused-ring (bicyclic) bond motifs is 1. The first kappa shape index (κ1) is 11.4. The molecule has 2 rings (SSSR count). The third-order valence-corrected chi connectivity index (χ3v) is 2.69. The van der Waals surface area contributed by atoms with Crippen LogP contribution in [0.5, 0.6) is 0 Å². The van der Waals surface area contributed by atoms with Crippen LogP contribution in [0.3, 0.4) is 0 Å². The van der Waals surface area contributed by atoms with Crippen LogP contribution in [-0.2, 0) is 4.74 Å². The highest BCUT2D eigenvalue weighted by atomic mass is 16.5. The summed E-state index contributed by atoms with van der Waals surface area (Å²) in [4.78, 5) is 25.8. The molecule has 17 heavy (non-hydrogen) atoms. The van der Waals surface area contributed by atoms with Gasteiger partial charge in [0, 0.05) is 5.39 Å². The maximum absolute atomic E-state index is 11.9. The summed E-state index contributed by atoms with van der Waals surface area (Å²) >= 11 is 0. The Labute approximate surface area is 98.2 Å². The first-order valence-electron chi connectivity index (χ1n) is 5.25. The molecule has 0 fully saturated rings. The number of aryl methyl sites for hydroxylation is 2. The smallest absolute Gasteiger partial charge is 0.354 e. The Morgan fingerprint density at radius 1 is 1.24 bits per heavy atom. The summed E-state index contributed by atoms with van der Waals surface area (Å²) in [5, 5.41) is 1.37. The number of methoxy groups -OCH3 is 1. The highest BCUT2D eigenvalue weighted by Crippen LogP contribution is 2.17. The SMILES string of the molecule is COC(=O)c1cc2cc(C)cc(C)c2c(=O)[nH]1. The minimum atomic E-state index is -0.539. The topological polar surface area (TPSA) is 59.2 Å². The summed E-state index contributed by atoms with van der Waals surface area (Å²) in [6, 6.07) is 5.46. The number of aromatic nitrogens is 1. The van der Waals surface area contributed by atoms with E-state index in [1.165, 1.54) is 7.11 Å². The van der Waals surface area contributed by atoms with Gasteiger partial charge in [-0.1, -0.05) is 17.7 Å². The molecule has 1 heterocycles. The standard InChI is InChI=1S/C13H13NO3/c1-7-4-8(2)11-9(5-7)6-10(13(16)17-3)14-12(11)15/h4-6H,1-3H3,(H,14,15). The quantitative estimate of drug-likeness (QED) is 0.763. The molecule has 0 saturated carbocycles. The molecule has 1 aromatic heterocycles. The van der Waals surface area contributed by atoms with Crippen LogP contribution in [0.1, 0.15) is 21.6 Å². The van der Waals surface area contributed by atoms with Crippen LogP contribution >= 0.6 is 0 Å². The van der Waals surface area contributed by atoms with Gasteiger partial charge in [0.15, 0.2) is 0 Å². The zero-order valence-corrected chi connectivity index (χ0v) is 9.96. The van der Waals surface area contributed by atoms with E-state index in [2.05, 4.69) is 9.72 Å². The second kappa shape index (κ2) is 4.05. The lowest BCUT2D eigenvalue weighted by Crippen LogP contribution is -2.15. The average molecular weight is 231 g/mol. The Balaban J connectivity index is 2.82. The summed E-state index contributed by atoms with van der Waals surface area (Å²) in [5.74, 6) is -0.539. The zero-order valence-electron chi connectivity index (χ0n) is 9.96. The maximum atomic E-state index is 11.9. The minimum absolute atomic E-state index is 0.176. The van der Waals surface area contributed by atoms with E-state index in [1.807, 2.05) is 26.0 Å². The van der Waals surface area contributed by atoms with E-state index in [0.717, 1.165) is 16.5 Å². The zero-order chi connectivity index (χ0) is 12.6. The Bertz CT molecular complexity index is 655. The van der Waals surface area contributed by atoms with Crippen LogP contribution < -0.4 is 5.56 Å². The fraction of sp³-hybridized carbons (Fsp3) is 0.231. The fourth-order valence-electron chi connectivity index (χ4n) is 2.02. The molecular weight excluding hydrogens is 218 g/mol. The molecule has 0 aliphatic rings. The summed E-state index contributed by atoms with van der Waals surface area (Å²) in [6.45, 7) is 3.83. The average Bonchev–Trinajstić information content (AvgIpc) is 2.26. The number of hydrogen-bond acceptors (Lipinski definition) is 3. The number of esters is 1. The van der Waals surface area contributed by atoms with Crippen molar-refractivity contribution in [2.45, 2.75) is 13.8 Å². The second-order valence-corrected chi connectivity index (χ2v) is 4.05. The number of hydrogen-bond donors (Lipinski definition) is 1. The summed E-state index contributed by atoms with van der Waals surface area (Å²) in [7, 11) is 1.28. The largest absolute Gasteiger partial charge is 0.464 e. The third kappa shape index (κ3) is 1.93. The Morgan fingerprint density at radius 3 is 2.59 bits per heavy atom. The molecule has 2 aromatic rings. The molecule has 4 heteroatoms. The summed E-state index contributed by atoms with van der Waals surface area (Å²) < 4.78 is 4.59. The van der Waals surface area contributed by atoms with Gasteiger partial charge in [-0.05, 0) is 30.9 Å². The minimum Gasteiger partial charge on any atom is -0.464 e. The molecule has 0 spiro atoms. The van der Waals surface area contributed by atoms with Gasteiger partial charge in [-0.3, -0.25) is 4.79 Å². The lowest BCUT2D eigenvalue weighted by Gasteiger charge is -2.05. The first-order chi connectivity index (χ1) is 8.02. The molecule has 1 aromatic carbocycles. The molecule has 0 atom stereocenters. The molecule has 0 radical (unpaired) electrons. The van der Waals surface area contributed by atoms with Crippen molar-refractivity contribution in [1.82, 2.24) is 4.98 Å². The van der Waals surface area contributed by atoms with E-state index in [9.17, 15) is 9.59 Å². The molecule has 1 N–H and O–H groups in total. The van der Waals surface area contributed by atoms with Crippen molar-refractivity contribution in [3.8, 4) is 0 Å². The number of benzene rings is 1. The maximum Gasteiger partial charge on any atom is 0.354 e. The number of H-pyrrole nitrogens is 1. The predicted molar refractivity (Wildman–Crippen MR) is 65.4 cm³/mol. The highest BCUT2D eigenvalue weighted by molar-refractivity contribution is 5.94. The number of ether oxygens (including phenoxy) is 1. The van der Waals surface area contributed by atoms with Gasteiger partial charge in [-0.25, -0.2) is 4.79 Å². The van der Waals surface area contributed by atoms with E-state index < -0.39 is 5.97 Å². The summed E-state index contributed by atoms with van der Waals surface area (Å²) in [6.07, 6.45) is 0. The number of carbonyl (C=O) groups excluding carboxylic acids is 1. The van der Waals surface area contributed by atoms with Crippen molar-refractivity contribution >= 4 is 16.7 Å². The van der Waals surface area contributed by atoms with Crippen LogP contribution in [0, 0.1) is 13.8 Å². The van der Waals surface area contributed by atoms with E-state index in [4.69, 9.17) is 0 Å². The Hall–Kier alpha value is -2.10. The normalized spacial score (nSPS) is 10.5. The molecule has 0 unspecified atom stereocenters. The van der Waals surface area contributed by atoms with Gasteiger partial charge >= 0.3 is 5.97 Å². The van der Waals surface area contributed by atoms with Gasteiger partial charge in [0.25, 0.3) is 5.56 Å². The number of aromatic amines is 1. The Kier molecular flexibility index (Phi) is 2.71. The first-order valence-corrected chi connectivity index (χ1v) is 5.25. The van der Waals surface area contributed by atoms with Crippen molar-refractivity contribution in [2.75, 3.05) is 7.11 Å². The van der Waals surface area contributed by atoms with Crippen molar-refractivity contribution in [3.63, 3.8) is 0 Å². The molecule has 0 amide bonds. The van der Waals surface area contributed by atoms with Gasteiger partial charge in [0.2, 0.25) is 0 Å². The van der Waals surface area contributed by atoms with Crippen molar-refractivity contribution in [3.05, 3.63) is 45.4 Å². The van der Waals surface area contributed by atoms with E-state index in [-0.39, 0.29) is 11.3 Å². The number of carbonyl (C=O) groups is 1. The summed E-state index contributed by atoms with van der Waals surface area (Å²) in [5.41, 5.74) is 1.87. The van der Waals surface area contributed by atoms with E-state index in [0.29, 0.717) is 5.39 Å². The Morgan fingerprint density at radius 2 is 1.94 bits per heavy atom. The molecule has 88 valence electrons. The molecule has 0 aliphatic heterocycles. The lowest BCUT2D eigenvalue weighted by molar-refractivity contribution is 0.0594. The van der Waals surface area contributed by atoms with Crippen LogP contribution in [0.2, 0.25) is 0 Å². The van der Waals surface area contributed by atoms with Crippen molar-refractivity contribution < 1.29 is 9.53 Å². The van der Waals surface area contributed by atoms with E-state index >= 15 is 0 Å². The molecule has 0 aliphatic carbocycles. The number of pyridine rings is 1. The van der Waals surface area contributed by atoms with Gasteiger partial charge < -0.3 is 9.72 Å². The van der Waals surface area contributed by atoms with Gasteiger partial charge in [-0.2, -0.15) is 0 Å².